The lowest BCUT2D eigenvalue weighted by molar-refractivity contribution is 0.122. The maximum absolute atomic E-state index is 12.5. The number of hydrogen-bond donors (Lipinski definition) is 1. The van der Waals surface area contributed by atoms with E-state index >= 15 is 0 Å². The van der Waals surface area contributed by atoms with Crippen LogP contribution in [-0.2, 0) is 14.8 Å². The fraction of sp³-hybridized carbons (Fsp3) is 0.250. The van der Waals surface area contributed by atoms with Crippen LogP contribution in [0.15, 0.2) is 57.9 Å². The molecule has 3 rings (SSSR count). The lowest BCUT2D eigenvalue weighted by atomic mass is 10.2. The lowest BCUT2D eigenvalue weighted by Gasteiger charge is -2.29. The molecular weight excluding hydrogens is 380 g/mol. The second-order valence-corrected chi connectivity index (χ2v) is 7.72. The first-order valence-electron chi connectivity index (χ1n) is 7.26. The molecule has 7 heteroatoms. The van der Waals surface area contributed by atoms with Crippen molar-refractivity contribution in [1.29, 1.82) is 0 Å². The topological polar surface area (TPSA) is 58.6 Å². The van der Waals surface area contributed by atoms with Crippen molar-refractivity contribution in [3.63, 3.8) is 0 Å². The molecule has 0 bridgehead atoms. The molecule has 0 spiro atoms. The standard InChI is InChI=1S/C16H17BrN2O3S/c17-15-7-6-13(19-8-10-22-11-9-19)12-16(15)18-23(20,21)14-4-2-1-3-5-14/h1-7,12,18H,8-11H2. The molecule has 0 unspecified atom stereocenters. The molecule has 2 aromatic carbocycles. The second kappa shape index (κ2) is 6.90. The minimum atomic E-state index is -3.61. The Labute approximate surface area is 144 Å². The van der Waals surface area contributed by atoms with E-state index in [1.54, 1.807) is 30.3 Å². The summed E-state index contributed by atoms with van der Waals surface area (Å²) in [5.74, 6) is 0. The van der Waals surface area contributed by atoms with E-state index in [-0.39, 0.29) is 4.90 Å². The number of halogens is 1. The molecule has 0 atom stereocenters. The van der Waals surface area contributed by atoms with Crippen LogP contribution >= 0.6 is 15.9 Å². The van der Waals surface area contributed by atoms with Crippen LogP contribution in [0.2, 0.25) is 0 Å². The van der Waals surface area contributed by atoms with Crippen LogP contribution < -0.4 is 9.62 Å². The third-order valence-corrected chi connectivity index (χ3v) is 5.70. The van der Waals surface area contributed by atoms with E-state index in [9.17, 15) is 8.42 Å². The second-order valence-electron chi connectivity index (χ2n) is 5.18. The van der Waals surface area contributed by atoms with Gasteiger partial charge in [0.05, 0.1) is 23.8 Å². The highest BCUT2D eigenvalue weighted by molar-refractivity contribution is 9.10. The van der Waals surface area contributed by atoms with Crippen LogP contribution in [-0.4, -0.2) is 34.7 Å². The fourth-order valence-electron chi connectivity index (χ4n) is 2.41. The van der Waals surface area contributed by atoms with Crippen molar-refractivity contribution in [3.05, 3.63) is 53.0 Å². The number of hydrogen-bond acceptors (Lipinski definition) is 4. The van der Waals surface area contributed by atoms with Gasteiger partial charge in [0.1, 0.15) is 0 Å². The molecule has 1 aliphatic heterocycles. The predicted molar refractivity (Wildman–Crippen MR) is 94.4 cm³/mol. The Morgan fingerprint density at radius 2 is 1.74 bits per heavy atom. The summed E-state index contributed by atoms with van der Waals surface area (Å²) in [4.78, 5) is 2.42. The number of nitrogens with zero attached hydrogens (tertiary/aromatic N) is 1. The van der Waals surface area contributed by atoms with Gasteiger partial charge in [-0.2, -0.15) is 0 Å². The van der Waals surface area contributed by atoms with Crippen molar-refractivity contribution < 1.29 is 13.2 Å². The number of benzene rings is 2. The number of sulfonamides is 1. The van der Waals surface area contributed by atoms with Crippen molar-refractivity contribution in [2.75, 3.05) is 35.9 Å². The van der Waals surface area contributed by atoms with Crippen LogP contribution in [0.4, 0.5) is 11.4 Å². The third-order valence-electron chi connectivity index (χ3n) is 3.62. The Morgan fingerprint density at radius 3 is 2.43 bits per heavy atom. The van der Waals surface area contributed by atoms with Gasteiger partial charge in [-0.25, -0.2) is 8.42 Å². The molecule has 0 aromatic heterocycles. The van der Waals surface area contributed by atoms with Gasteiger partial charge in [0.15, 0.2) is 0 Å². The van der Waals surface area contributed by atoms with E-state index in [1.165, 1.54) is 0 Å². The first-order chi connectivity index (χ1) is 11.1. The van der Waals surface area contributed by atoms with Crippen LogP contribution in [0.5, 0.6) is 0 Å². The Kier molecular flexibility index (Phi) is 4.89. The summed E-state index contributed by atoms with van der Waals surface area (Å²) < 4.78 is 33.7. The van der Waals surface area contributed by atoms with Gasteiger partial charge in [0.2, 0.25) is 0 Å². The van der Waals surface area contributed by atoms with Gasteiger partial charge >= 0.3 is 0 Å². The summed E-state index contributed by atoms with van der Waals surface area (Å²) >= 11 is 3.41. The molecule has 1 aliphatic rings. The van der Waals surface area contributed by atoms with Gasteiger partial charge in [-0.3, -0.25) is 4.72 Å². The molecule has 122 valence electrons. The van der Waals surface area contributed by atoms with E-state index in [0.29, 0.717) is 23.4 Å². The summed E-state index contributed by atoms with van der Waals surface area (Å²) in [7, 11) is -3.61. The summed E-state index contributed by atoms with van der Waals surface area (Å²) in [5.41, 5.74) is 1.50. The van der Waals surface area contributed by atoms with Crippen LogP contribution in [0, 0.1) is 0 Å². The molecule has 0 radical (unpaired) electrons. The molecule has 23 heavy (non-hydrogen) atoms. The molecule has 1 heterocycles. The monoisotopic (exact) mass is 396 g/mol. The maximum atomic E-state index is 12.5. The van der Waals surface area contributed by atoms with E-state index in [1.807, 2.05) is 18.2 Å². The molecule has 0 saturated carbocycles. The number of anilines is 2. The Balaban J connectivity index is 1.87. The van der Waals surface area contributed by atoms with Gasteiger partial charge in [-0.15, -0.1) is 0 Å². The van der Waals surface area contributed by atoms with Gasteiger partial charge < -0.3 is 9.64 Å². The first kappa shape index (κ1) is 16.3. The Hall–Kier alpha value is -1.57. The number of nitrogens with one attached hydrogen (secondary N) is 1. The van der Waals surface area contributed by atoms with Crippen molar-refractivity contribution in [1.82, 2.24) is 0 Å². The van der Waals surface area contributed by atoms with Gasteiger partial charge in [-0.1, -0.05) is 18.2 Å². The van der Waals surface area contributed by atoms with E-state index in [2.05, 4.69) is 25.6 Å². The molecular formula is C16H17BrN2O3S. The van der Waals surface area contributed by atoms with Gasteiger partial charge in [-0.05, 0) is 46.3 Å². The van der Waals surface area contributed by atoms with Crippen molar-refractivity contribution in [2.45, 2.75) is 4.90 Å². The normalized spacial score (nSPS) is 15.4. The number of rotatable bonds is 4. The van der Waals surface area contributed by atoms with Crippen LogP contribution in [0.1, 0.15) is 0 Å². The average molecular weight is 397 g/mol. The highest BCUT2D eigenvalue weighted by atomic mass is 79.9. The minimum Gasteiger partial charge on any atom is -0.378 e. The van der Waals surface area contributed by atoms with E-state index in [0.717, 1.165) is 18.8 Å². The van der Waals surface area contributed by atoms with Crippen molar-refractivity contribution in [3.8, 4) is 0 Å². The summed E-state index contributed by atoms with van der Waals surface area (Å²) in [5, 5.41) is 0. The molecule has 5 nitrogen and oxygen atoms in total. The zero-order valence-corrected chi connectivity index (χ0v) is 14.8. The fourth-order valence-corrected chi connectivity index (χ4v) is 3.98. The van der Waals surface area contributed by atoms with Crippen LogP contribution in [0.25, 0.3) is 0 Å². The molecule has 2 aromatic rings. The smallest absolute Gasteiger partial charge is 0.261 e. The number of ether oxygens (including phenoxy) is 1. The van der Waals surface area contributed by atoms with Gasteiger partial charge in [0.25, 0.3) is 10.0 Å². The average Bonchev–Trinajstić information content (AvgIpc) is 2.58. The summed E-state index contributed by atoms with van der Waals surface area (Å²) in [6.45, 7) is 2.96. The van der Waals surface area contributed by atoms with Crippen LogP contribution in [0.3, 0.4) is 0 Å². The largest absolute Gasteiger partial charge is 0.378 e. The zero-order chi connectivity index (χ0) is 16.3. The molecule has 0 amide bonds. The summed E-state index contributed by atoms with van der Waals surface area (Å²) in [6, 6.07) is 14.0. The molecule has 1 saturated heterocycles. The predicted octanol–water partition coefficient (Wildman–Crippen LogP) is 3.09. The molecule has 0 aliphatic carbocycles. The maximum Gasteiger partial charge on any atom is 0.261 e. The lowest BCUT2D eigenvalue weighted by Crippen LogP contribution is -2.36. The highest BCUT2D eigenvalue weighted by Gasteiger charge is 2.17. The van der Waals surface area contributed by atoms with Crippen molar-refractivity contribution >= 4 is 37.3 Å². The minimum absolute atomic E-state index is 0.240. The zero-order valence-electron chi connectivity index (χ0n) is 12.4. The Bertz CT molecular complexity index is 775. The number of morpholine rings is 1. The van der Waals surface area contributed by atoms with E-state index < -0.39 is 10.0 Å². The summed E-state index contributed by atoms with van der Waals surface area (Å²) in [6.07, 6.45) is 0. The highest BCUT2D eigenvalue weighted by Crippen LogP contribution is 2.30. The first-order valence-corrected chi connectivity index (χ1v) is 9.54. The van der Waals surface area contributed by atoms with Gasteiger partial charge in [0, 0.05) is 23.2 Å². The quantitative estimate of drug-likeness (QED) is 0.862. The molecule has 1 fully saturated rings. The molecule has 1 N–H and O–H groups in total. The van der Waals surface area contributed by atoms with E-state index in [4.69, 9.17) is 4.74 Å². The Morgan fingerprint density at radius 1 is 1.04 bits per heavy atom. The van der Waals surface area contributed by atoms with Crippen molar-refractivity contribution in [2.24, 2.45) is 0 Å². The third kappa shape index (κ3) is 3.85. The SMILES string of the molecule is O=S(=O)(Nc1cc(N2CCOCC2)ccc1Br)c1ccccc1.